The van der Waals surface area contributed by atoms with Crippen molar-refractivity contribution in [1.82, 2.24) is 9.80 Å². The zero-order valence-electron chi connectivity index (χ0n) is 15.2. The van der Waals surface area contributed by atoms with Gasteiger partial charge in [0.1, 0.15) is 5.82 Å². The van der Waals surface area contributed by atoms with Gasteiger partial charge in [-0.3, -0.25) is 14.6 Å². The van der Waals surface area contributed by atoms with E-state index in [-0.39, 0.29) is 18.1 Å². The predicted octanol–water partition coefficient (Wildman–Crippen LogP) is 3.60. The molecule has 3 rings (SSSR count). The van der Waals surface area contributed by atoms with E-state index in [1.165, 1.54) is 24.3 Å². The van der Waals surface area contributed by atoms with Gasteiger partial charge in [-0.2, -0.15) is 13.2 Å². The van der Waals surface area contributed by atoms with E-state index in [4.69, 9.17) is 0 Å². The van der Waals surface area contributed by atoms with Crippen LogP contribution in [-0.2, 0) is 17.5 Å². The zero-order valence-corrected chi connectivity index (χ0v) is 15.2. The minimum Gasteiger partial charge on any atom is -0.322 e. The molecule has 0 atom stereocenters. The average Bonchev–Trinajstić information content (AvgIpc) is 2.65. The number of para-hydroxylation sites is 1. The van der Waals surface area contributed by atoms with Gasteiger partial charge in [0.15, 0.2) is 0 Å². The summed E-state index contributed by atoms with van der Waals surface area (Å²) in [6, 6.07) is 11.3. The minimum atomic E-state index is -4.35. The normalized spacial score (nSPS) is 16.1. The maximum Gasteiger partial charge on any atom is 0.416 e. The van der Waals surface area contributed by atoms with E-state index >= 15 is 0 Å². The maximum atomic E-state index is 13.6. The molecule has 150 valence electrons. The molecule has 1 saturated heterocycles. The summed E-state index contributed by atoms with van der Waals surface area (Å²) in [5, 5.41) is 2.55. The lowest BCUT2D eigenvalue weighted by molar-refractivity contribution is -0.137. The van der Waals surface area contributed by atoms with E-state index in [1.807, 2.05) is 4.90 Å². The number of alkyl halides is 3. The first-order valence-electron chi connectivity index (χ1n) is 8.96. The summed E-state index contributed by atoms with van der Waals surface area (Å²) in [7, 11) is 0. The summed E-state index contributed by atoms with van der Waals surface area (Å²) < 4.78 is 52.0. The highest BCUT2D eigenvalue weighted by Gasteiger charge is 2.30. The molecule has 1 fully saturated rings. The predicted molar refractivity (Wildman–Crippen MR) is 98.2 cm³/mol. The largest absolute Gasteiger partial charge is 0.416 e. The van der Waals surface area contributed by atoms with Gasteiger partial charge in [0.25, 0.3) is 0 Å². The Balaban J connectivity index is 1.47. The number of benzene rings is 2. The van der Waals surface area contributed by atoms with Crippen molar-refractivity contribution in [2.24, 2.45) is 0 Å². The third kappa shape index (κ3) is 5.53. The molecule has 0 aliphatic carbocycles. The second-order valence-electron chi connectivity index (χ2n) is 6.78. The Labute approximate surface area is 160 Å². The standard InChI is InChI=1S/C20H21F4N3O/c21-17-6-1-2-7-18(17)25-19(28)14-27-10-8-26(9-11-27)13-15-4-3-5-16(12-15)20(22,23)24/h1-7,12H,8-11,13-14H2,(H,25,28). The molecule has 1 heterocycles. The molecule has 0 aromatic heterocycles. The summed E-state index contributed by atoms with van der Waals surface area (Å²) >= 11 is 0. The molecule has 2 aromatic carbocycles. The van der Waals surface area contributed by atoms with Gasteiger partial charge in [0, 0.05) is 32.7 Å². The molecule has 0 unspecified atom stereocenters. The molecule has 8 heteroatoms. The summed E-state index contributed by atoms with van der Waals surface area (Å²) in [4.78, 5) is 16.1. The number of nitrogens with zero attached hydrogens (tertiary/aromatic N) is 2. The number of halogens is 4. The second kappa shape index (κ2) is 8.70. The van der Waals surface area contributed by atoms with E-state index in [9.17, 15) is 22.4 Å². The van der Waals surface area contributed by atoms with Crippen LogP contribution in [0.15, 0.2) is 48.5 Å². The molecule has 0 bridgehead atoms. The summed E-state index contributed by atoms with van der Waals surface area (Å²) in [5.74, 6) is -0.779. The number of carbonyl (C=O) groups is 1. The third-order valence-electron chi connectivity index (χ3n) is 4.64. The van der Waals surface area contributed by atoms with Crippen LogP contribution in [0.25, 0.3) is 0 Å². The molecule has 1 aliphatic heterocycles. The van der Waals surface area contributed by atoms with Crippen molar-refractivity contribution in [3.05, 3.63) is 65.5 Å². The second-order valence-corrected chi connectivity index (χ2v) is 6.78. The number of hydrogen-bond donors (Lipinski definition) is 1. The highest BCUT2D eigenvalue weighted by Crippen LogP contribution is 2.29. The number of hydrogen-bond acceptors (Lipinski definition) is 3. The SMILES string of the molecule is O=C(CN1CCN(Cc2cccc(C(F)(F)F)c2)CC1)Nc1ccccc1F. The average molecular weight is 395 g/mol. The highest BCUT2D eigenvalue weighted by atomic mass is 19.4. The van der Waals surface area contributed by atoms with Crippen LogP contribution in [0, 0.1) is 5.82 Å². The number of nitrogens with one attached hydrogen (secondary N) is 1. The number of piperazine rings is 1. The third-order valence-corrected chi connectivity index (χ3v) is 4.64. The van der Waals surface area contributed by atoms with Crippen LogP contribution in [0.2, 0.25) is 0 Å². The van der Waals surface area contributed by atoms with E-state index in [1.54, 1.807) is 18.2 Å². The van der Waals surface area contributed by atoms with Crippen molar-refractivity contribution in [3.63, 3.8) is 0 Å². The van der Waals surface area contributed by atoms with Gasteiger partial charge in [-0.25, -0.2) is 4.39 Å². The Hall–Kier alpha value is -2.45. The van der Waals surface area contributed by atoms with Crippen LogP contribution in [0.4, 0.5) is 23.2 Å². The van der Waals surface area contributed by atoms with Gasteiger partial charge < -0.3 is 5.32 Å². The molecule has 0 saturated carbocycles. The Kier molecular flexibility index (Phi) is 6.31. The monoisotopic (exact) mass is 395 g/mol. The molecule has 2 aromatic rings. The molecular formula is C20H21F4N3O. The fraction of sp³-hybridized carbons (Fsp3) is 0.350. The molecule has 0 spiro atoms. The number of rotatable bonds is 5. The van der Waals surface area contributed by atoms with Crippen LogP contribution in [0.1, 0.15) is 11.1 Å². The lowest BCUT2D eigenvalue weighted by Crippen LogP contribution is -2.48. The molecule has 0 radical (unpaired) electrons. The number of amides is 1. The first kappa shape index (κ1) is 20.3. The Morgan fingerprint density at radius 1 is 0.964 bits per heavy atom. The summed E-state index contributed by atoms with van der Waals surface area (Å²) in [5.41, 5.74) is 0.115. The molecule has 4 nitrogen and oxygen atoms in total. The first-order chi connectivity index (χ1) is 13.3. The van der Waals surface area contributed by atoms with E-state index in [2.05, 4.69) is 10.2 Å². The van der Waals surface area contributed by atoms with Gasteiger partial charge in [0.05, 0.1) is 17.8 Å². The fourth-order valence-electron chi connectivity index (χ4n) is 3.17. The van der Waals surface area contributed by atoms with Gasteiger partial charge >= 0.3 is 6.18 Å². The van der Waals surface area contributed by atoms with Gasteiger partial charge in [-0.1, -0.05) is 30.3 Å². The summed E-state index contributed by atoms with van der Waals surface area (Å²) in [6.45, 7) is 3.09. The molecule has 1 aliphatic rings. The van der Waals surface area contributed by atoms with Crippen LogP contribution in [0.5, 0.6) is 0 Å². The van der Waals surface area contributed by atoms with Crippen molar-refractivity contribution in [3.8, 4) is 0 Å². The Morgan fingerprint density at radius 3 is 2.32 bits per heavy atom. The minimum absolute atomic E-state index is 0.145. The van der Waals surface area contributed by atoms with Crippen LogP contribution in [-0.4, -0.2) is 48.4 Å². The van der Waals surface area contributed by atoms with Crippen molar-refractivity contribution in [1.29, 1.82) is 0 Å². The topological polar surface area (TPSA) is 35.6 Å². The van der Waals surface area contributed by atoms with E-state index in [0.29, 0.717) is 38.3 Å². The molecule has 28 heavy (non-hydrogen) atoms. The smallest absolute Gasteiger partial charge is 0.322 e. The number of carbonyl (C=O) groups excluding carboxylic acids is 1. The molecular weight excluding hydrogens is 374 g/mol. The van der Waals surface area contributed by atoms with Gasteiger partial charge in [-0.15, -0.1) is 0 Å². The van der Waals surface area contributed by atoms with Gasteiger partial charge in [0.2, 0.25) is 5.91 Å². The fourth-order valence-corrected chi connectivity index (χ4v) is 3.17. The van der Waals surface area contributed by atoms with Crippen LogP contribution in [0.3, 0.4) is 0 Å². The van der Waals surface area contributed by atoms with Crippen molar-refractivity contribution in [2.75, 3.05) is 38.0 Å². The Bertz CT molecular complexity index is 817. The zero-order chi connectivity index (χ0) is 20.1. The van der Waals surface area contributed by atoms with Crippen molar-refractivity contribution >= 4 is 11.6 Å². The highest BCUT2D eigenvalue weighted by molar-refractivity contribution is 5.92. The van der Waals surface area contributed by atoms with E-state index in [0.717, 1.165) is 6.07 Å². The first-order valence-corrected chi connectivity index (χ1v) is 8.96. The number of anilines is 1. The summed E-state index contributed by atoms with van der Waals surface area (Å²) in [6.07, 6.45) is -4.35. The lowest BCUT2D eigenvalue weighted by Gasteiger charge is -2.34. The van der Waals surface area contributed by atoms with Crippen LogP contribution >= 0.6 is 0 Å². The van der Waals surface area contributed by atoms with Crippen LogP contribution < -0.4 is 5.32 Å². The van der Waals surface area contributed by atoms with Gasteiger partial charge in [-0.05, 0) is 23.8 Å². The van der Waals surface area contributed by atoms with Crippen molar-refractivity contribution < 1.29 is 22.4 Å². The quantitative estimate of drug-likeness (QED) is 0.786. The lowest BCUT2D eigenvalue weighted by atomic mass is 10.1. The Morgan fingerprint density at radius 2 is 1.64 bits per heavy atom. The molecule has 1 amide bonds. The maximum absolute atomic E-state index is 13.6. The van der Waals surface area contributed by atoms with E-state index < -0.39 is 17.6 Å². The molecule has 1 N–H and O–H groups in total. The van der Waals surface area contributed by atoms with Crippen molar-refractivity contribution in [2.45, 2.75) is 12.7 Å².